The number of nitrogens with one attached hydrogen (secondary N) is 1. The van der Waals surface area contributed by atoms with Gasteiger partial charge >= 0.3 is 0 Å². The molecule has 0 heterocycles. The molecule has 0 radical (unpaired) electrons. The minimum absolute atomic E-state index is 0.00209. The Balaban J connectivity index is 2.51. The average Bonchev–Trinajstić information content (AvgIpc) is 2.35. The van der Waals surface area contributed by atoms with Gasteiger partial charge in [-0.25, -0.2) is 0 Å². The second kappa shape index (κ2) is 6.05. The molecule has 2 amide bonds. The number of rotatable bonds is 4. The highest BCUT2D eigenvalue weighted by Crippen LogP contribution is 2.05. The normalized spacial score (nSPS) is 10.2. The van der Waals surface area contributed by atoms with Crippen LogP contribution in [0.2, 0.25) is 0 Å². The first-order chi connectivity index (χ1) is 8.41. The van der Waals surface area contributed by atoms with Crippen LogP contribution in [0.15, 0.2) is 24.3 Å². The molecule has 0 saturated heterocycles. The maximum Gasteiger partial charge on any atom is 0.251 e. The largest absolute Gasteiger partial charge is 0.399 e. The smallest absolute Gasteiger partial charge is 0.251 e. The monoisotopic (exact) mass is 249 g/mol. The van der Waals surface area contributed by atoms with Crippen LogP contribution in [0.25, 0.3) is 0 Å². The van der Waals surface area contributed by atoms with Gasteiger partial charge in [0.25, 0.3) is 5.91 Å². The molecule has 1 aromatic carbocycles. The third kappa shape index (κ3) is 3.76. The predicted octanol–water partition coefficient (Wildman–Crippen LogP) is 0.865. The molecule has 0 fully saturated rings. The molecular weight excluding hydrogens is 230 g/mol. The Labute approximate surface area is 107 Å². The summed E-state index contributed by atoms with van der Waals surface area (Å²) in [6.45, 7) is 3.83. The fourth-order valence-electron chi connectivity index (χ4n) is 1.31. The van der Waals surface area contributed by atoms with E-state index in [0.717, 1.165) is 0 Å². The summed E-state index contributed by atoms with van der Waals surface area (Å²) in [6.07, 6.45) is 0. The fraction of sp³-hybridized carbons (Fsp3) is 0.385. The minimum atomic E-state index is -0.277. The van der Waals surface area contributed by atoms with Gasteiger partial charge in [-0.05, 0) is 38.1 Å². The molecule has 0 aliphatic carbocycles. The lowest BCUT2D eigenvalue weighted by atomic mass is 10.2. The van der Waals surface area contributed by atoms with Gasteiger partial charge in [0.05, 0.1) is 6.54 Å². The molecule has 5 nitrogen and oxygen atoms in total. The van der Waals surface area contributed by atoms with Crippen LogP contribution in [0.1, 0.15) is 24.2 Å². The van der Waals surface area contributed by atoms with Crippen LogP contribution in [0.5, 0.6) is 0 Å². The maximum atomic E-state index is 11.7. The first-order valence-corrected chi connectivity index (χ1v) is 5.81. The number of carbonyl (C=O) groups is 2. The molecule has 0 atom stereocenters. The maximum absolute atomic E-state index is 11.7. The topological polar surface area (TPSA) is 75.4 Å². The van der Waals surface area contributed by atoms with Crippen LogP contribution < -0.4 is 11.1 Å². The summed E-state index contributed by atoms with van der Waals surface area (Å²) in [5, 5.41) is 2.58. The summed E-state index contributed by atoms with van der Waals surface area (Å²) in [4.78, 5) is 25.0. The number of carbonyl (C=O) groups excluding carboxylic acids is 2. The van der Waals surface area contributed by atoms with Gasteiger partial charge < -0.3 is 16.0 Å². The number of likely N-dealkylation sites (N-methyl/N-ethyl adjacent to an activating group) is 1. The summed E-state index contributed by atoms with van der Waals surface area (Å²) >= 11 is 0. The van der Waals surface area contributed by atoms with E-state index in [1.807, 2.05) is 13.8 Å². The summed E-state index contributed by atoms with van der Waals surface area (Å²) in [5.74, 6) is -0.394. The third-order valence-corrected chi connectivity index (χ3v) is 2.74. The molecule has 0 saturated carbocycles. The van der Waals surface area contributed by atoms with Crippen LogP contribution in [-0.4, -0.2) is 36.3 Å². The molecule has 18 heavy (non-hydrogen) atoms. The molecule has 1 aromatic rings. The van der Waals surface area contributed by atoms with E-state index < -0.39 is 0 Å². The van der Waals surface area contributed by atoms with Crippen molar-refractivity contribution in [3.05, 3.63) is 29.8 Å². The average molecular weight is 249 g/mol. The molecule has 1 rings (SSSR count). The van der Waals surface area contributed by atoms with Crippen LogP contribution in [0.3, 0.4) is 0 Å². The van der Waals surface area contributed by atoms with Gasteiger partial charge in [0.1, 0.15) is 0 Å². The van der Waals surface area contributed by atoms with Crippen molar-refractivity contribution in [2.45, 2.75) is 19.9 Å². The van der Waals surface area contributed by atoms with E-state index in [2.05, 4.69) is 5.32 Å². The number of benzene rings is 1. The van der Waals surface area contributed by atoms with Crippen molar-refractivity contribution in [1.82, 2.24) is 10.2 Å². The van der Waals surface area contributed by atoms with Gasteiger partial charge in [-0.15, -0.1) is 0 Å². The van der Waals surface area contributed by atoms with Crippen molar-refractivity contribution < 1.29 is 9.59 Å². The highest BCUT2D eigenvalue weighted by molar-refractivity contribution is 5.96. The summed E-state index contributed by atoms with van der Waals surface area (Å²) in [6, 6.07) is 6.67. The number of amides is 2. The lowest BCUT2D eigenvalue weighted by Gasteiger charge is -2.21. The quantitative estimate of drug-likeness (QED) is 0.777. The van der Waals surface area contributed by atoms with Gasteiger partial charge in [0, 0.05) is 24.3 Å². The molecule has 0 bridgehead atoms. The lowest BCUT2D eigenvalue weighted by molar-refractivity contribution is -0.130. The van der Waals surface area contributed by atoms with Crippen LogP contribution >= 0.6 is 0 Å². The molecular formula is C13H19N3O2. The highest BCUT2D eigenvalue weighted by Gasteiger charge is 2.13. The number of nitrogens with zero attached hydrogens (tertiary/aromatic N) is 1. The van der Waals surface area contributed by atoms with Crippen molar-refractivity contribution in [3.8, 4) is 0 Å². The molecule has 0 aliphatic heterocycles. The number of nitrogen functional groups attached to an aromatic ring is 1. The van der Waals surface area contributed by atoms with Crippen molar-refractivity contribution in [3.63, 3.8) is 0 Å². The van der Waals surface area contributed by atoms with Gasteiger partial charge in [-0.1, -0.05) is 0 Å². The Bertz CT molecular complexity index is 426. The van der Waals surface area contributed by atoms with E-state index >= 15 is 0 Å². The van der Waals surface area contributed by atoms with E-state index in [4.69, 9.17) is 5.73 Å². The number of anilines is 1. The molecule has 0 spiro atoms. The van der Waals surface area contributed by atoms with Gasteiger partial charge in [-0.2, -0.15) is 0 Å². The van der Waals surface area contributed by atoms with Crippen molar-refractivity contribution >= 4 is 17.5 Å². The lowest BCUT2D eigenvalue weighted by Crippen LogP contribution is -2.41. The fourth-order valence-corrected chi connectivity index (χ4v) is 1.31. The predicted molar refractivity (Wildman–Crippen MR) is 71.1 cm³/mol. The molecule has 0 aliphatic rings. The van der Waals surface area contributed by atoms with Gasteiger partial charge in [-0.3, -0.25) is 9.59 Å². The number of hydrogen-bond donors (Lipinski definition) is 2. The van der Waals surface area contributed by atoms with Crippen LogP contribution in [0, 0.1) is 0 Å². The number of hydrogen-bond acceptors (Lipinski definition) is 3. The zero-order valence-corrected chi connectivity index (χ0v) is 10.9. The minimum Gasteiger partial charge on any atom is -0.399 e. The van der Waals surface area contributed by atoms with E-state index in [9.17, 15) is 9.59 Å². The Hall–Kier alpha value is -2.04. The summed E-state index contributed by atoms with van der Waals surface area (Å²) in [5.41, 5.74) is 6.62. The molecule has 0 unspecified atom stereocenters. The highest BCUT2D eigenvalue weighted by atomic mass is 16.2. The number of nitrogens with two attached hydrogens (primary N) is 1. The van der Waals surface area contributed by atoms with Gasteiger partial charge in [0.15, 0.2) is 0 Å². The van der Waals surface area contributed by atoms with E-state index in [1.165, 1.54) is 0 Å². The molecule has 98 valence electrons. The molecule has 0 aromatic heterocycles. The first kappa shape index (κ1) is 14.0. The van der Waals surface area contributed by atoms with Crippen LogP contribution in [0.4, 0.5) is 5.69 Å². The van der Waals surface area contributed by atoms with Gasteiger partial charge in [0.2, 0.25) is 5.91 Å². The van der Waals surface area contributed by atoms with E-state index in [-0.39, 0.29) is 24.4 Å². The standard InChI is InChI=1S/C13H19N3O2/c1-9(2)16(3)12(17)8-15-13(18)10-4-6-11(14)7-5-10/h4-7,9H,8,14H2,1-3H3,(H,15,18). The zero-order chi connectivity index (χ0) is 13.7. The van der Waals surface area contributed by atoms with Crippen molar-refractivity contribution in [2.75, 3.05) is 19.3 Å². The Kier molecular flexibility index (Phi) is 4.71. The van der Waals surface area contributed by atoms with Crippen molar-refractivity contribution in [2.24, 2.45) is 0 Å². The second-order valence-electron chi connectivity index (χ2n) is 4.40. The second-order valence-corrected chi connectivity index (χ2v) is 4.40. The Morgan fingerprint density at radius 2 is 1.83 bits per heavy atom. The first-order valence-electron chi connectivity index (χ1n) is 5.81. The zero-order valence-electron chi connectivity index (χ0n) is 10.9. The van der Waals surface area contributed by atoms with Crippen molar-refractivity contribution in [1.29, 1.82) is 0 Å². The third-order valence-electron chi connectivity index (χ3n) is 2.74. The summed E-state index contributed by atoms with van der Waals surface area (Å²) < 4.78 is 0. The molecule has 5 heteroatoms. The Morgan fingerprint density at radius 3 is 2.33 bits per heavy atom. The molecule has 3 N–H and O–H groups in total. The van der Waals surface area contributed by atoms with Crippen LogP contribution in [-0.2, 0) is 4.79 Å². The van der Waals surface area contributed by atoms with E-state index in [1.54, 1.807) is 36.2 Å². The SMILES string of the molecule is CC(C)N(C)C(=O)CNC(=O)c1ccc(N)cc1. The Morgan fingerprint density at radius 1 is 1.28 bits per heavy atom. The summed E-state index contributed by atoms with van der Waals surface area (Å²) in [7, 11) is 1.71. The van der Waals surface area contributed by atoms with E-state index in [0.29, 0.717) is 11.3 Å².